The molecule has 32 heavy (non-hydrogen) atoms. The van der Waals surface area contributed by atoms with Crippen LogP contribution in [0.25, 0.3) is 22.3 Å². The van der Waals surface area contributed by atoms with Gasteiger partial charge in [0.15, 0.2) is 12.0 Å². The van der Waals surface area contributed by atoms with Crippen LogP contribution in [0.4, 0.5) is 5.69 Å². The molecule has 0 aliphatic rings. The van der Waals surface area contributed by atoms with Gasteiger partial charge in [0.05, 0.1) is 19.6 Å². The Morgan fingerprint density at radius 1 is 0.844 bits per heavy atom. The average molecular weight is 431 g/mol. The maximum atomic E-state index is 12.7. The van der Waals surface area contributed by atoms with Crippen LogP contribution in [-0.2, 0) is 4.79 Å². The molecule has 0 aliphatic heterocycles. The number of carbonyl (C=O) groups is 1. The van der Waals surface area contributed by atoms with Crippen molar-refractivity contribution in [2.24, 2.45) is 0 Å². The van der Waals surface area contributed by atoms with Gasteiger partial charge in [-0.05, 0) is 66.7 Å². The molecule has 7 heteroatoms. The van der Waals surface area contributed by atoms with Crippen LogP contribution in [0.1, 0.15) is 0 Å². The van der Waals surface area contributed by atoms with Gasteiger partial charge in [-0.25, -0.2) is 0 Å². The van der Waals surface area contributed by atoms with Crippen molar-refractivity contribution < 1.29 is 23.4 Å². The minimum absolute atomic E-state index is 0.202. The molecule has 162 valence electrons. The summed E-state index contributed by atoms with van der Waals surface area (Å²) in [5.41, 5.74) is 1.62. The Morgan fingerprint density at radius 2 is 1.47 bits per heavy atom. The SMILES string of the molecule is COc1ccc(NC(=O)COc2ccc3oc(-c4ccc(OC)cc4)cc(=O)c3c2)cc1. The number of hydrogen-bond acceptors (Lipinski definition) is 6. The molecule has 0 radical (unpaired) electrons. The molecule has 0 bridgehead atoms. The smallest absolute Gasteiger partial charge is 0.262 e. The molecule has 4 aromatic rings. The van der Waals surface area contributed by atoms with Gasteiger partial charge >= 0.3 is 0 Å². The van der Waals surface area contributed by atoms with E-state index >= 15 is 0 Å². The van der Waals surface area contributed by atoms with E-state index in [1.807, 2.05) is 12.1 Å². The van der Waals surface area contributed by atoms with Gasteiger partial charge in [0.1, 0.15) is 28.6 Å². The normalized spacial score (nSPS) is 10.6. The first-order valence-electron chi connectivity index (χ1n) is 9.85. The number of fused-ring (bicyclic) bond motifs is 1. The number of anilines is 1. The van der Waals surface area contributed by atoms with Crippen LogP contribution in [0.3, 0.4) is 0 Å². The number of carbonyl (C=O) groups excluding carboxylic acids is 1. The highest BCUT2D eigenvalue weighted by molar-refractivity contribution is 5.92. The standard InChI is InChI=1S/C25H21NO6/c1-29-18-7-3-16(4-8-18)24-14-22(27)21-13-20(11-12-23(21)32-24)31-15-25(28)26-17-5-9-19(30-2)10-6-17/h3-14H,15H2,1-2H3,(H,26,28). The molecule has 0 spiro atoms. The van der Waals surface area contributed by atoms with E-state index in [-0.39, 0.29) is 17.9 Å². The van der Waals surface area contributed by atoms with Gasteiger partial charge in [-0.15, -0.1) is 0 Å². The number of hydrogen-bond donors (Lipinski definition) is 1. The molecule has 0 unspecified atom stereocenters. The first-order valence-corrected chi connectivity index (χ1v) is 9.85. The summed E-state index contributed by atoms with van der Waals surface area (Å²) in [6, 6.07) is 20.5. The summed E-state index contributed by atoms with van der Waals surface area (Å²) >= 11 is 0. The second kappa shape index (κ2) is 9.26. The van der Waals surface area contributed by atoms with Crippen molar-refractivity contribution in [1.29, 1.82) is 0 Å². The number of methoxy groups -OCH3 is 2. The van der Waals surface area contributed by atoms with Crippen LogP contribution in [0, 0.1) is 0 Å². The lowest BCUT2D eigenvalue weighted by molar-refractivity contribution is -0.118. The van der Waals surface area contributed by atoms with Crippen molar-refractivity contribution in [2.75, 3.05) is 26.1 Å². The maximum Gasteiger partial charge on any atom is 0.262 e. The van der Waals surface area contributed by atoms with E-state index in [1.54, 1.807) is 68.8 Å². The van der Waals surface area contributed by atoms with Crippen molar-refractivity contribution in [3.05, 3.63) is 83.0 Å². The lowest BCUT2D eigenvalue weighted by Gasteiger charge is -2.09. The van der Waals surface area contributed by atoms with Crippen LogP contribution in [0.2, 0.25) is 0 Å². The summed E-state index contributed by atoms with van der Waals surface area (Å²) in [5.74, 6) is 1.95. The van der Waals surface area contributed by atoms with Crippen LogP contribution in [0.15, 0.2) is 82.0 Å². The fraction of sp³-hybridized carbons (Fsp3) is 0.120. The predicted molar refractivity (Wildman–Crippen MR) is 122 cm³/mol. The molecule has 0 saturated heterocycles. The van der Waals surface area contributed by atoms with Crippen molar-refractivity contribution in [1.82, 2.24) is 0 Å². The lowest BCUT2D eigenvalue weighted by Crippen LogP contribution is -2.20. The number of ether oxygens (including phenoxy) is 3. The van der Waals surface area contributed by atoms with E-state index in [4.69, 9.17) is 18.6 Å². The molecule has 1 amide bonds. The first kappa shape index (κ1) is 21.0. The van der Waals surface area contributed by atoms with Crippen molar-refractivity contribution in [3.8, 4) is 28.6 Å². The predicted octanol–water partition coefficient (Wildman–Crippen LogP) is 4.49. The molecular formula is C25H21NO6. The Morgan fingerprint density at radius 3 is 2.12 bits per heavy atom. The van der Waals surface area contributed by atoms with Gasteiger partial charge < -0.3 is 23.9 Å². The Kier molecular flexibility index (Phi) is 6.07. The molecule has 0 saturated carbocycles. The Balaban J connectivity index is 1.46. The summed E-state index contributed by atoms with van der Waals surface area (Å²) in [7, 11) is 3.17. The zero-order valence-electron chi connectivity index (χ0n) is 17.6. The minimum atomic E-state index is -0.322. The van der Waals surface area contributed by atoms with E-state index in [0.29, 0.717) is 33.9 Å². The average Bonchev–Trinajstić information content (AvgIpc) is 2.83. The van der Waals surface area contributed by atoms with Crippen LogP contribution < -0.4 is 25.0 Å². The third-order valence-electron chi connectivity index (χ3n) is 4.82. The van der Waals surface area contributed by atoms with Crippen molar-refractivity contribution in [2.45, 2.75) is 0 Å². The Hall–Kier alpha value is -4.26. The highest BCUT2D eigenvalue weighted by Crippen LogP contribution is 2.26. The summed E-state index contributed by atoms with van der Waals surface area (Å²) in [4.78, 5) is 24.8. The Labute approximate surface area is 184 Å². The zero-order valence-corrected chi connectivity index (χ0v) is 17.6. The molecule has 0 fully saturated rings. The molecule has 0 aliphatic carbocycles. The lowest BCUT2D eigenvalue weighted by atomic mass is 10.1. The van der Waals surface area contributed by atoms with E-state index in [9.17, 15) is 9.59 Å². The monoisotopic (exact) mass is 431 g/mol. The summed E-state index contributed by atoms with van der Waals surface area (Å²) in [6.07, 6.45) is 0. The maximum absolute atomic E-state index is 12.7. The fourth-order valence-corrected chi connectivity index (χ4v) is 3.14. The third-order valence-corrected chi connectivity index (χ3v) is 4.82. The summed E-state index contributed by atoms with van der Waals surface area (Å²) < 4.78 is 21.7. The van der Waals surface area contributed by atoms with Crippen LogP contribution >= 0.6 is 0 Å². The van der Waals surface area contributed by atoms with Gasteiger partial charge in [0.25, 0.3) is 5.91 Å². The molecular weight excluding hydrogens is 410 g/mol. The van der Waals surface area contributed by atoms with Gasteiger partial charge in [0, 0.05) is 17.3 Å². The highest BCUT2D eigenvalue weighted by Gasteiger charge is 2.10. The van der Waals surface area contributed by atoms with Crippen LogP contribution in [-0.4, -0.2) is 26.7 Å². The van der Waals surface area contributed by atoms with E-state index < -0.39 is 0 Å². The number of benzene rings is 3. The molecule has 1 heterocycles. The first-order chi connectivity index (χ1) is 15.6. The summed E-state index contributed by atoms with van der Waals surface area (Å²) in [5, 5.41) is 3.11. The number of amides is 1. The third kappa shape index (κ3) is 4.73. The number of rotatable bonds is 7. The zero-order chi connectivity index (χ0) is 22.5. The molecule has 1 aromatic heterocycles. The van der Waals surface area contributed by atoms with Gasteiger partial charge in [-0.2, -0.15) is 0 Å². The largest absolute Gasteiger partial charge is 0.497 e. The van der Waals surface area contributed by atoms with Gasteiger partial charge in [-0.1, -0.05) is 0 Å². The highest BCUT2D eigenvalue weighted by atomic mass is 16.5. The fourth-order valence-electron chi connectivity index (χ4n) is 3.14. The second-order valence-electron chi connectivity index (χ2n) is 6.93. The van der Waals surface area contributed by atoms with E-state index in [1.165, 1.54) is 6.07 Å². The number of nitrogens with one attached hydrogen (secondary N) is 1. The molecule has 1 N–H and O–H groups in total. The van der Waals surface area contributed by atoms with Gasteiger partial charge in [0.2, 0.25) is 0 Å². The second-order valence-corrected chi connectivity index (χ2v) is 6.93. The van der Waals surface area contributed by atoms with Crippen LogP contribution in [0.5, 0.6) is 17.2 Å². The molecule has 7 nitrogen and oxygen atoms in total. The molecule has 0 atom stereocenters. The van der Waals surface area contributed by atoms with E-state index in [0.717, 1.165) is 11.3 Å². The summed E-state index contributed by atoms with van der Waals surface area (Å²) in [6.45, 7) is -0.202. The quantitative estimate of drug-likeness (QED) is 0.464. The van der Waals surface area contributed by atoms with Gasteiger partial charge in [-0.3, -0.25) is 9.59 Å². The Bertz CT molecular complexity index is 1290. The van der Waals surface area contributed by atoms with Crippen molar-refractivity contribution in [3.63, 3.8) is 0 Å². The molecule has 3 aromatic carbocycles. The molecule has 4 rings (SSSR count). The topological polar surface area (TPSA) is 87.0 Å². The van der Waals surface area contributed by atoms with E-state index in [2.05, 4.69) is 5.32 Å². The van der Waals surface area contributed by atoms with Crippen molar-refractivity contribution >= 4 is 22.6 Å². The minimum Gasteiger partial charge on any atom is -0.497 e.